The minimum Gasteiger partial charge on any atom is -0.478 e. The first-order valence-corrected chi connectivity index (χ1v) is 10.00. The summed E-state index contributed by atoms with van der Waals surface area (Å²) in [7, 11) is 0. The predicted molar refractivity (Wildman–Crippen MR) is 111 cm³/mol. The Morgan fingerprint density at radius 2 is 1.76 bits per heavy atom. The molecule has 1 aliphatic carbocycles. The lowest BCUT2D eigenvalue weighted by atomic mass is 9.77. The van der Waals surface area contributed by atoms with Crippen LogP contribution in [0.2, 0.25) is 10.0 Å². The van der Waals surface area contributed by atoms with E-state index >= 15 is 0 Å². The molecule has 0 aromatic heterocycles. The number of carboxylic acids is 1. The maximum absolute atomic E-state index is 13.1. The summed E-state index contributed by atoms with van der Waals surface area (Å²) >= 11 is 12.0. The summed E-state index contributed by atoms with van der Waals surface area (Å²) < 4.78 is 0. The van der Waals surface area contributed by atoms with Gasteiger partial charge in [0.2, 0.25) is 5.91 Å². The van der Waals surface area contributed by atoms with E-state index in [2.05, 4.69) is 0 Å². The van der Waals surface area contributed by atoms with Crippen LogP contribution < -0.4 is 4.90 Å². The minimum absolute atomic E-state index is 0.0242. The molecule has 29 heavy (non-hydrogen) atoms. The highest BCUT2D eigenvalue weighted by molar-refractivity contribution is 6.33. The molecule has 0 saturated carbocycles. The number of amides is 1. The summed E-state index contributed by atoms with van der Waals surface area (Å²) in [5.74, 6) is -1.66. The Morgan fingerprint density at radius 3 is 2.45 bits per heavy atom. The van der Waals surface area contributed by atoms with Crippen LogP contribution in [-0.2, 0) is 9.59 Å². The van der Waals surface area contributed by atoms with Crippen molar-refractivity contribution in [2.45, 2.75) is 31.6 Å². The van der Waals surface area contributed by atoms with Crippen LogP contribution in [0.4, 0.5) is 5.69 Å². The van der Waals surface area contributed by atoms with Crippen molar-refractivity contribution in [3.8, 4) is 0 Å². The zero-order chi connectivity index (χ0) is 20.7. The molecule has 7 heteroatoms. The van der Waals surface area contributed by atoms with Gasteiger partial charge in [-0.1, -0.05) is 35.3 Å². The van der Waals surface area contributed by atoms with Gasteiger partial charge in [-0.25, -0.2) is 4.79 Å². The first-order valence-electron chi connectivity index (χ1n) is 9.24. The summed E-state index contributed by atoms with van der Waals surface area (Å²) in [6.45, 7) is 0. The first-order chi connectivity index (χ1) is 13.9. The molecule has 2 aliphatic rings. The number of hydrogen-bond donors (Lipinski definition) is 1. The number of aromatic carboxylic acids is 1. The van der Waals surface area contributed by atoms with Gasteiger partial charge in [-0.2, -0.15) is 0 Å². The molecule has 0 radical (unpaired) electrons. The van der Waals surface area contributed by atoms with Gasteiger partial charge in [0.1, 0.15) is 0 Å². The van der Waals surface area contributed by atoms with E-state index in [9.17, 15) is 19.5 Å². The molecule has 5 nitrogen and oxygen atoms in total. The average Bonchev–Trinajstić information content (AvgIpc) is 2.69. The second-order valence-corrected chi connectivity index (χ2v) is 7.99. The van der Waals surface area contributed by atoms with E-state index < -0.39 is 5.97 Å². The van der Waals surface area contributed by atoms with Crippen LogP contribution in [0, 0.1) is 0 Å². The topological polar surface area (TPSA) is 74.7 Å². The number of allylic oxidation sites excluding steroid dienone is 2. The smallest absolute Gasteiger partial charge is 0.337 e. The lowest BCUT2D eigenvalue weighted by molar-refractivity contribution is -0.119. The number of Topliss-reactive ketones (excluding diaryl/α,β-unsaturated/α-hetero) is 1. The summed E-state index contributed by atoms with van der Waals surface area (Å²) in [6.07, 6.45) is 1.78. The summed E-state index contributed by atoms with van der Waals surface area (Å²) in [5.41, 5.74) is 2.48. The van der Waals surface area contributed by atoms with Crippen molar-refractivity contribution in [3.05, 3.63) is 74.9 Å². The Kier molecular flexibility index (Phi) is 5.19. The lowest BCUT2D eigenvalue weighted by Gasteiger charge is -2.38. The minimum atomic E-state index is -1.17. The van der Waals surface area contributed by atoms with Gasteiger partial charge in [-0.15, -0.1) is 0 Å². The molecular weight excluding hydrogens is 413 g/mol. The van der Waals surface area contributed by atoms with Crippen LogP contribution >= 0.6 is 23.2 Å². The van der Waals surface area contributed by atoms with E-state index in [4.69, 9.17) is 23.2 Å². The number of carbonyl (C=O) groups is 3. The van der Waals surface area contributed by atoms with Crippen molar-refractivity contribution >= 4 is 46.5 Å². The van der Waals surface area contributed by atoms with E-state index in [1.165, 1.54) is 17.0 Å². The van der Waals surface area contributed by atoms with Gasteiger partial charge < -0.3 is 5.11 Å². The van der Waals surface area contributed by atoms with Crippen LogP contribution in [0.1, 0.15) is 47.5 Å². The van der Waals surface area contributed by atoms with E-state index in [1.807, 2.05) is 12.1 Å². The average molecular weight is 430 g/mol. The fourth-order valence-electron chi connectivity index (χ4n) is 4.09. The van der Waals surface area contributed by atoms with Crippen LogP contribution in [0.25, 0.3) is 0 Å². The Bertz CT molecular complexity index is 1060. The van der Waals surface area contributed by atoms with E-state index in [1.54, 1.807) is 18.2 Å². The molecule has 1 heterocycles. The molecular formula is C22H17Cl2NO4. The third kappa shape index (κ3) is 3.56. The Labute approximate surface area is 177 Å². The monoisotopic (exact) mass is 429 g/mol. The lowest BCUT2D eigenvalue weighted by Crippen LogP contribution is -2.40. The van der Waals surface area contributed by atoms with Crippen molar-refractivity contribution in [2.24, 2.45) is 0 Å². The molecule has 1 amide bonds. The van der Waals surface area contributed by atoms with Crippen LogP contribution in [0.5, 0.6) is 0 Å². The van der Waals surface area contributed by atoms with Gasteiger partial charge in [-0.05, 0) is 48.7 Å². The number of ketones is 1. The third-order valence-corrected chi connectivity index (χ3v) is 5.97. The van der Waals surface area contributed by atoms with Crippen molar-refractivity contribution in [3.63, 3.8) is 0 Å². The van der Waals surface area contributed by atoms with Gasteiger partial charge in [0.15, 0.2) is 5.78 Å². The Hall–Kier alpha value is -2.63. The van der Waals surface area contributed by atoms with Crippen molar-refractivity contribution in [1.29, 1.82) is 0 Å². The van der Waals surface area contributed by atoms with Crippen molar-refractivity contribution in [1.82, 2.24) is 0 Å². The second-order valence-electron chi connectivity index (χ2n) is 7.14. The van der Waals surface area contributed by atoms with E-state index in [0.29, 0.717) is 41.2 Å². The zero-order valence-electron chi connectivity index (χ0n) is 15.3. The van der Waals surface area contributed by atoms with Crippen LogP contribution in [0.3, 0.4) is 0 Å². The molecule has 2 aromatic carbocycles. The molecule has 148 valence electrons. The van der Waals surface area contributed by atoms with Gasteiger partial charge in [0, 0.05) is 40.7 Å². The molecule has 2 aromatic rings. The number of hydrogen-bond acceptors (Lipinski definition) is 3. The molecule has 0 bridgehead atoms. The molecule has 0 fully saturated rings. The van der Waals surface area contributed by atoms with E-state index in [-0.39, 0.29) is 34.6 Å². The molecule has 1 aliphatic heterocycles. The van der Waals surface area contributed by atoms with Crippen LogP contribution in [0.15, 0.2) is 53.7 Å². The summed E-state index contributed by atoms with van der Waals surface area (Å²) in [6, 6.07) is 11.6. The Balaban J connectivity index is 1.86. The number of nitrogens with zero attached hydrogens (tertiary/aromatic N) is 1. The predicted octanol–water partition coefficient (Wildman–Crippen LogP) is 5.22. The quantitative estimate of drug-likeness (QED) is 0.725. The van der Waals surface area contributed by atoms with Crippen molar-refractivity contribution < 1.29 is 19.5 Å². The number of anilines is 1. The molecule has 0 saturated heterocycles. The molecule has 0 spiro atoms. The normalized spacial score (nSPS) is 19.4. The number of carboxylic acid groups (broad SMARTS) is 1. The molecule has 4 rings (SSSR count). The molecule has 1 atom stereocenters. The second kappa shape index (κ2) is 7.65. The van der Waals surface area contributed by atoms with Gasteiger partial charge in [0.25, 0.3) is 0 Å². The standard InChI is InChI=1S/C22H17Cl2NO4/c23-13-6-4-12(5-7-13)15-11-20(27)25(18-2-1-3-19(26)21(15)18)14-8-9-17(24)16(10-14)22(28)29/h4-10,15H,1-3,11H2,(H,28,29). The van der Waals surface area contributed by atoms with Gasteiger partial charge >= 0.3 is 5.97 Å². The summed E-state index contributed by atoms with van der Waals surface area (Å²) in [4.78, 5) is 39.0. The highest BCUT2D eigenvalue weighted by atomic mass is 35.5. The molecule has 1 N–H and O–H groups in total. The molecule has 1 unspecified atom stereocenters. The fraction of sp³-hybridized carbons (Fsp3) is 0.227. The van der Waals surface area contributed by atoms with Crippen LogP contribution in [-0.4, -0.2) is 22.8 Å². The number of benzene rings is 2. The fourth-order valence-corrected chi connectivity index (χ4v) is 4.41. The van der Waals surface area contributed by atoms with E-state index in [0.717, 1.165) is 5.56 Å². The maximum Gasteiger partial charge on any atom is 0.337 e. The third-order valence-electron chi connectivity index (χ3n) is 5.39. The number of carbonyl (C=O) groups excluding carboxylic acids is 2. The highest BCUT2D eigenvalue weighted by Gasteiger charge is 2.39. The highest BCUT2D eigenvalue weighted by Crippen LogP contribution is 2.43. The zero-order valence-corrected chi connectivity index (χ0v) is 16.8. The number of rotatable bonds is 3. The summed E-state index contributed by atoms with van der Waals surface area (Å²) in [5, 5.41) is 10.1. The number of halogens is 2. The van der Waals surface area contributed by atoms with Crippen molar-refractivity contribution in [2.75, 3.05) is 4.90 Å². The Morgan fingerprint density at radius 1 is 1.03 bits per heavy atom. The first kappa shape index (κ1) is 19.7. The maximum atomic E-state index is 13.1. The SMILES string of the molecule is O=C1CCCC2=C1C(c1ccc(Cl)cc1)CC(=O)N2c1ccc(Cl)c(C(=O)O)c1. The van der Waals surface area contributed by atoms with Gasteiger partial charge in [0.05, 0.1) is 10.6 Å². The largest absolute Gasteiger partial charge is 0.478 e. The van der Waals surface area contributed by atoms with Gasteiger partial charge in [-0.3, -0.25) is 14.5 Å².